The quantitative estimate of drug-likeness (QED) is 0.776. The van der Waals surface area contributed by atoms with E-state index in [1.165, 1.54) is 0 Å². The number of hydrogen-bond donors (Lipinski definition) is 1. The van der Waals surface area contributed by atoms with Gasteiger partial charge in [0, 0.05) is 13.0 Å². The van der Waals surface area contributed by atoms with Crippen molar-refractivity contribution in [2.45, 2.75) is 25.7 Å². The zero-order chi connectivity index (χ0) is 13.1. The van der Waals surface area contributed by atoms with Gasteiger partial charge >= 0.3 is 0 Å². The van der Waals surface area contributed by atoms with E-state index < -0.39 is 0 Å². The number of fused-ring (bicyclic) bond motifs is 5. The molecule has 19 heavy (non-hydrogen) atoms. The zero-order valence-electron chi connectivity index (χ0n) is 10.4. The van der Waals surface area contributed by atoms with Crippen LogP contribution >= 0.6 is 0 Å². The zero-order valence-corrected chi connectivity index (χ0v) is 10.4. The second-order valence-corrected chi connectivity index (χ2v) is 4.48. The van der Waals surface area contributed by atoms with Gasteiger partial charge in [-0.2, -0.15) is 0 Å². The Morgan fingerprint density at radius 2 is 2.00 bits per heavy atom. The number of amides is 1. The fraction of sp³-hybridized carbons (Fsp3) is 0.385. The highest BCUT2D eigenvalue weighted by Gasteiger charge is 2.13. The van der Waals surface area contributed by atoms with Crippen molar-refractivity contribution < 1.29 is 9.21 Å². The summed E-state index contributed by atoms with van der Waals surface area (Å²) < 4.78 is 5.55. The van der Waals surface area contributed by atoms with Crippen LogP contribution in [0.5, 0.6) is 0 Å². The van der Waals surface area contributed by atoms with E-state index in [9.17, 15) is 4.79 Å². The molecule has 0 spiro atoms. The van der Waals surface area contributed by atoms with Crippen molar-refractivity contribution in [2.24, 2.45) is 0 Å². The highest BCUT2D eigenvalue weighted by molar-refractivity contribution is 5.92. The average Bonchev–Trinajstić information content (AvgIpc) is 2.91. The molecular formula is C13H14N4O2. The lowest BCUT2D eigenvalue weighted by Crippen LogP contribution is -2.25. The molecule has 6 nitrogen and oxygen atoms in total. The molecule has 0 saturated heterocycles. The molecule has 0 aliphatic carbocycles. The number of aryl methyl sites for hydroxylation is 1. The molecule has 1 amide bonds. The fourth-order valence-corrected chi connectivity index (χ4v) is 2.01. The molecule has 3 rings (SSSR count). The van der Waals surface area contributed by atoms with Gasteiger partial charge in [0.2, 0.25) is 5.89 Å². The van der Waals surface area contributed by atoms with E-state index in [1.807, 2.05) is 0 Å². The van der Waals surface area contributed by atoms with Crippen LogP contribution in [0.15, 0.2) is 22.6 Å². The minimum Gasteiger partial charge on any atom is -0.419 e. The smallest absolute Gasteiger partial charge is 0.269 e. The summed E-state index contributed by atoms with van der Waals surface area (Å²) in [6, 6.07) is 5.20. The van der Waals surface area contributed by atoms with Gasteiger partial charge in [0.1, 0.15) is 11.4 Å². The lowest BCUT2D eigenvalue weighted by molar-refractivity contribution is 0.0948. The third-order valence-electron chi connectivity index (χ3n) is 3.02. The Kier molecular flexibility index (Phi) is 3.22. The summed E-state index contributed by atoms with van der Waals surface area (Å²) in [6.07, 6.45) is 3.69. The van der Waals surface area contributed by atoms with Gasteiger partial charge in [0.05, 0.1) is 0 Å². The van der Waals surface area contributed by atoms with Crippen LogP contribution in [0, 0.1) is 0 Å². The first-order valence-electron chi connectivity index (χ1n) is 6.41. The van der Waals surface area contributed by atoms with E-state index in [0.717, 1.165) is 25.7 Å². The van der Waals surface area contributed by atoms with Crippen molar-refractivity contribution in [3.8, 4) is 11.6 Å². The number of rotatable bonds is 0. The first-order valence-corrected chi connectivity index (χ1v) is 6.41. The molecule has 0 unspecified atom stereocenters. The SMILES string of the molecule is O=C1NCCCCCc2nnc(o2)-c2cccc1n2. The van der Waals surface area contributed by atoms with Crippen LogP contribution in [0.25, 0.3) is 11.6 Å². The minimum atomic E-state index is -0.166. The number of aromatic nitrogens is 3. The molecule has 0 aromatic carbocycles. The Labute approximate surface area is 110 Å². The summed E-state index contributed by atoms with van der Waals surface area (Å²) in [7, 11) is 0. The normalized spacial score (nSPS) is 15.9. The maximum Gasteiger partial charge on any atom is 0.269 e. The number of hydrogen-bond acceptors (Lipinski definition) is 5. The summed E-state index contributed by atoms with van der Waals surface area (Å²) in [5.41, 5.74) is 0.905. The largest absolute Gasteiger partial charge is 0.419 e. The van der Waals surface area contributed by atoms with E-state index in [-0.39, 0.29) is 5.91 Å². The highest BCUT2D eigenvalue weighted by Crippen LogP contribution is 2.17. The van der Waals surface area contributed by atoms with Crippen LogP contribution < -0.4 is 5.32 Å². The Morgan fingerprint density at radius 1 is 1.11 bits per heavy atom. The molecule has 0 radical (unpaired) electrons. The maximum atomic E-state index is 11.9. The Hall–Kier alpha value is -2.24. The molecule has 3 heterocycles. The number of nitrogens with zero attached hydrogens (tertiary/aromatic N) is 3. The summed E-state index contributed by atoms with van der Waals surface area (Å²) >= 11 is 0. The van der Waals surface area contributed by atoms with Crippen LogP contribution in [-0.2, 0) is 6.42 Å². The molecular weight excluding hydrogens is 244 g/mol. The van der Waals surface area contributed by atoms with Crippen molar-refractivity contribution >= 4 is 5.91 Å². The second-order valence-electron chi connectivity index (χ2n) is 4.48. The van der Waals surface area contributed by atoms with Crippen LogP contribution in [0.2, 0.25) is 0 Å². The van der Waals surface area contributed by atoms with Crippen molar-refractivity contribution in [1.29, 1.82) is 0 Å². The number of nitrogens with one attached hydrogen (secondary N) is 1. The van der Waals surface area contributed by atoms with Crippen LogP contribution in [0.3, 0.4) is 0 Å². The van der Waals surface area contributed by atoms with Crippen LogP contribution in [0.1, 0.15) is 35.6 Å². The molecule has 0 fully saturated rings. The fourth-order valence-electron chi connectivity index (χ4n) is 2.01. The van der Waals surface area contributed by atoms with E-state index in [1.54, 1.807) is 18.2 Å². The topological polar surface area (TPSA) is 80.9 Å². The summed E-state index contributed by atoms with van der Waals surface area (Å²) in [6.45, 7) is 0.666. The Morgan fingerprint density at radius 3 is 2.95 bits per heavy atom. The maximum absolute atomic E-state index is 11.9. The molecule has 2 aromatic heterocycles. The van der Waals surface area contributed by atoms with Gasteiger partial charge in [-0.05, 0) is 25.0 Å². The minimum absolute atomic E-state index is 0.166. The monoisotopic (exact) mass is 258 g/mol. The molecule has 98 valence electrons. The molecule has 0 saturated carbocycles. The highest BCUT2D eigenvalue weighted by atomic mass is 16.4. The number of carbonyl (C=O) groups excluding carboxylic acids is 1. The molecule has 1 aliphatic heterocycles. The molecule has 1 N–H and O–H groups in total. The molecule has 0 atom stereocenters. The summed E-state index contributed by atoms with van der Waals surface area (Å²) in [4.78, 5) is 16.2. The van der Waals surface area contributed by atoms with Gasteiger partial charge in [0.15, 0.2) is 0 Å². The molecule has 2 aromatic rings. The first kappa shape index (κ1) is 11.8. The van der Waals surface area contributed by atoms with Gasteiger partial charge in [-0.15, -0.1) is 10.2 Å². The van der Waals surface area contributed by atoms with E-state index in [2.05, 4.69) is 20.5 Å². The lowest BCUT2D eigenvalue weighted by Gasteiger charge is -2.04. The van der Waals surface area contributed by atoms with E-state index in [4.69, 9.17) is 4.42 Å². The summed E-state index contributed by atoms with van der Waals surface area (Å²) in [5, 5.41) is 10.8. The van der Waals surface area contributed by atoms with E-state index in [0.29, 0.717) is 29.7 Å². The standard InChI is InChI=1S/C13H14N4O2/c18-12-9-5-4-6-10(15-9)13-17-16-11(19-13)7-2-1-3-8-14-12/h4-6H,1-3,7-8H2,(H,14,18). The van der Waals surface area contributed by atoms with Gasteiger partial charge in [-0.3, -0.25) is 4.79 Å². The lowest BCUT2D eigenvalue weighted by atomic mass is 10.2. The number of pyridine rings is 1. The Bertz CT molecular complexity index is 594. The van der Waals surface area contributed by atoms with Crippen LogP contribution in [0.4, 0.5) is 0 Å². The third kappa shape index (κ3) is 2.62. The first-order chi connectivity index (χ1) is 9.33. The van der Waals surface area contributed by atoms with Crippen molar-refractivity contribution in [1.82, 2.24) is 20.5 Å². The van der Waals surface area contributed by atoms with Crippen LogP contribution in [-0.4, -0.2) is 27.6 Å². The predicted octanol–water partition coefficient (Wildman–Crippen LogP) is 1.59. The summed E-state index contributed by atoms with van der Waals surface area (Å²) in [5.74, 6) is 0.825. The Balaban J connectivity index is 1.98. The van der Waals surface area contributed by atoms with Crippen molar-refractivity contribution in [3.05, 3.63) is 29.8 Å². The second kappa shape index (κ2) is 5.17. The van der Waals surface area contributed by atoms with E-state index >= 15 is 0 Å². The van der Waals surface area contributed by atoms with Crippen molar-refractivity contribution in [2.75, 3.05) is 6.54 Å². The van der Waals surface area contributed by atoms with Gasteiger partial charge in [-0.1, -0.05) is 12.5 Å². The average molecular weight is 258 g/mol. The molecule has 6 heteroatoms. The van der Waals surface area contributed by atoms with Gasteiger partial charge in [0.25, 0.3) is 11.8 Å². The third-order valence-corrected chi connectivity index (χ3v) is 3.02. The van der Waals surface area contributed by atoms with Gasteiger partial charge < -0.3 is 9.73 Å². The predicted molar refractivity (Wildman–Crippen MR) is 67.4 cm³/mol. The van der Waals surface area contributed by atoms with Gasteiger partial charge in [-0.25, -0.2) is 4.98 Å². The van der Waals surface area contributed by atoms with Crippen molar-refractivity contribution in [3.63, 3.8) is 0 Å². The molecule has 4 bridgehead atoms. The number of carbonyl (C=O) groups is 1. The molecule has 1 aliphatic rings.